The lowest BCUT2D eigenvalue weighted by molar-refractivity contribution is -0.105. The Labute approximate surface area is 76.0 Å². The van der Waals surface area contributed by atoms with E-state index in [2.05, 4.69) is 0 Å². The number of hydrogen-bond donors (Lipinski definition) is 3. The zero-order valence-electron chi connectivity index (χ0n) is 7.48. The molecule has 0 radical (unpaired) electrons. The molecule has 4 heteroatoms. The first-order chi connectivity index (χ1) is 5.90. The number of benzene rings is 1. The first kappa shape index (κ1) is 9.67. The Morgan fingerprint density at radius 3 is 2.38 bits per heavy atom. The molecule has 1 aromatic rings. The highest BCUT2D eigenvalue weighted by atomic mass is 16.6. The van der Waals surface area contributed by atoms with E-state index < -0.39 is 5.79 Å². The van der Waals surface area contributed by atoms with Crippen molar-refractivity contribution in [3.63, 3.8) is 0 Å². The molecular formula is C9H12O4. The third kappa shape index (κ3) is 2.52. The Morgan fingerprint density at radius 1 is 1.23 bits per heavy atom. The van der Waals surface area contributed by atoms with Gasteiger partial charge in [-0.25, -0.2) is 0 Å². The zero-order chi connectivity index (χ0) is 10.1. The average Bonchev–Trinajstić information content (AvgIpc) is 1.96. The van der Waals surface area contributed by atoms with Gasteiger partial charge in [0.25, 0.3) is 0 Å². The molecule has 0 bridgehead atoms. The van der Waals surface area contributed by atoms with Crippen LogP contribution in [0.4, 0.5) is 0 Å². The standard InChI is InChI=1S/C9H12O4/c1-9(2,12)13-7-5-3-4-6(10)8(7)11/h3-5,10-12H,1-2H3. The van der Waals surface area contributed by atoms with Crippen LogP contribution < -0.4 is 4.74 Å². The lowest BCUT2D eigenvalue weighted by Crippen LogP contribution is -2.26. The molecule has 0 unspecified atom stereocenters. The molecule has 1 rings (SSSR count). The van der Waals surface area contributed by atoms with Crippen molar-refractivity contribution in [1.82, 2.24) is 0 Å². The molecule has 4 nitrogen and oxygen atoms in total. The van der Waals surface area contributed by atoms with E-state index >= 15 is 0 Å². The van der Waals surface area contributed by atoms with Gasteiger partial charge < -0.3 is 20.1 Å². The van der Waals surface area contributed by atoms with E-state index in [1.807, 2.05) is 0 Å². The van der Waals surface area contributed by atoms with Crippen LogP contribution in [0.15, 0.2) is 18.2 Å². The predicted octanol–water partition coefficient (Wildman–Crippen LogP) is 1.20. The van der Waals surface area contributed by atoms with E-state index in [0.717, 1.165) is 0 Å². The molecule has 0 atom stereocenters. The maximum absolute atomic E-state index is 9.27. The minimum atomic E-state index is -1.38. The number of rotatable bonds is 2. The van der Waals surface area contributed by atoms with Crippen molar-refractivity contribution in [3.8, 4) is 17.2 Å². The largest absolute Gasteiger partial charge is 0.504 e. The molecule has 1 aromatic carbocycles. The van der Waals surface area contributed by atoms with Crippen LogP contribution in [0.2, 0.25) is 0 Å². The molecule has 13 heavy (non-hydrogen) atoms. The smallest absolute Gasteiger partial charge is 0.202 e. The van der Waals surface area contributed by atoms with Gasteiger partial charge in [0.05, 0.1) is 0 Å². The van der Waals surface area contributed by atoms with Gasteiger partial charge in [-0.3, -0.25) is 0 Å². The van der Waals surface area contributed by atoms with Gasteiger partial charge in [-0.2, -0.15) is 0 Å². The van der Waals surface area contributed by atoms with Crippen LogP contribution >= 0.6 is 0 Å². The van der Waals surface area contributed by atoms with Crippen molar-refractivity contribution >= 4 is 0 Å². The lowest BCUT2D eigenvalue weighted by Gasteiger charge is -2.20. The first-order valence-electron chi connectivity index (χ1n) is 3.82. The second kappa shape index (κ2) is 3.14. The summed E-state index contributed by atoms with van der Waals surface area (Å²) in [6, 6.07) is 4.29. The van der Waals surface area contributed by atoms with Crippen molar-refractivity contribution in [2.45, 2.75) is 19.6 Å². The number of phenolic OH excluding ortho intramolecular Hbond substituents is 2. The molecule has 0 saturated heterocycles. The fraction of sp³-hybridized carbons (Fsp3) is 0.333. The van der Waals surface area contributed by atoms with Crippen LogP contribution in [-0.2, 0) is 0 Å². The fourth-order valence-electron chi connectivity index (χ4n) is 0.862. The van der Waals surface area contributed by atoms with Crippen molar-refractivity contribution < 1.29 is 20.1 Å². The van der Waals surface area contributed by atoms with Crippen LogP contribution in [0.5, 0.6) is 17.2 Å². The summed E-state index contributed by atoms with van der Waals surface area (Å²) in [4.78, 5) is 0. The van der Waals surface area contributed by atoms with Crippen molar-refractivity contribution in [2.75, 3.05) is 0 Å². The Balaban J connectivity index is 2.96. The number of aromatic hydroxyl groups is 2. The molecule has 0 aromatic heterocycles. The van der Waals surface area contributed by atoms with E-state index in [0.29, 0.717) is 0 Å². The van der Waals surface area contributed by atoms with Crippen LogP contribution in [0.3, 0.4) is 0 Å². The van der Waals surface area contributed by atoms with Gasteiger partial charge in [-0.1, -0.05) is 6.07 Å². The van der Waals surface area contributed by atoms with Gasteiger partial charge in [-0.15, -0.1) is 0 Å². The van der Waals surface area contributed by atoms with Crippen molar-refractivity contribution in [3.05, 3.63) is 18.2 Å². The fourth-order valence-corrected chi connectivity index (χ4v) is 0.862. The average molecular weight is 184 g/mol. The van der Waals surface area contributed by atoms with Crippen LogP contribution in [0.1, 0.15) is 13.8 Å². The molecular weight excluding hydrogens is 172 g/mol. The molecule has 0 spiro atoms. The van der Waals surface area contributed by atoms with Gasteiger partial charge in [0.15, 0.2) is 11.5 Å². The quantitative estimate of drug-likeness (QED) is 0.477. The molecule has 0 aliphatic rings. The first-order valence-corrected chi connectivity index (χ1v) is 3.82. The van der Waals surface area contributed by atoms with Crippen LogP contribution in [-0.4, -0.2) is 21.1 Å². The third-order valence-corrected chi connectivity index (χ3v) is 1.34. The maximum Gasteiger partial charge on any atom is 0.202 e. The summed E-state index contributed by atoms with van der Waals surface area (Å²) in [6.45, 7) is 2.85. The van der Waals surface area contributed by atoms with Gasteiger partial charge in [0.1, 0.15) is 0 Å². The molecule has 0 fully saturated rings. The second-order valence-electron chi connectivity index (χ2n) is 3.17. The number of para-hydroxylation sites is 1. The van der Waals surface area contributed by atoms with E-state index in [4.69, 9.17) is 9.84 Å². The number of aliphatic hydroxyl groups is 1. The molecule has 0 amide bonds. The summed E-state index contributed by atoms with van der Waals surface area (Å²) in [5.74, 6) is -1.98. The summed E-state index contributed by atoms with van der Waals surface area (Å²) in [5, 5.41) is 27.6. The molecule has 0 heterocycles. The molecule has 0 saturated carbocycles. The minimum Gasteiger partial charge on any atom is -0.504 e. The SMILES string of the molecule is CC(C)(O)Oc1cccc(O)c1O. The molecule has 3 N–H and O–H groups in total. The van der Waals surface area contributed by atoms with Crippen molar-refractivity contribution in [1.29, 1.82) is 0 Å². The Kier molecular flexibility index (Phi) is 2.34. The lowest BCUT2D eigenvalue weighted by atomic mass is 10.3. The Morgan fingerprint density at radius 2 is 1.85 bits per heavy atom. The predicted molar refractivity (Wildman–Crippen MR) is 46.7 cm³/mol. The molecule has 0 aliphatic carbocycles. The monoisotopic (exact) mass is 184 g/mol. The van der Waals surface area contributed by atoms with E-state index in [-0.39, 0.29) is 17.2 Å². The maximum atomic E-state index is 9.27. The van der Waals surface area contributed by atoms with E-state index in [9.17, 15) is 10.2 Å². The summed E-state index contributed by atoms with van der Waals surface area (Å²) in [7, 11) is 0. The third-order valence-electron chi connectivity index (χ3n) is 1.34. The summed E-state index contributed by atoms with van der Waals surface area (Å²) in [6.07, 6.45) is 0. The summed E-state index contributed by atoms with van der Waals surface area (Å²) in [5.41, 5.74) is 0. The minimum absolute atomic E-state index is 0.0486. The van der Waals surface area contributed by atoms with E-state index in [1.165, 1.54) is 32.0 Å². The highest BCUT2D eigenvalue weighted by Gasteiger charge is 2.17. The number of phenols is 2. The van der Waals surface area contributed by atoms with Crippen LogP contribution in [0, 0.1) is 0 Å². The highest BCUT2D eigenvalue weighted by molar-refractivity contribution is 5.48. The van der Waals surface area contributed by atoms with Gasteiger partial charge >= 0.3 is 0 Å². The zero-order valence-corrected chi connectivity index (χ0v) is 7.48. The number of hydrogen-bond acceptors (Lipinski definition) is 4. The van der Waals surface area contributed by atoms with Crippen LogP contribution in [0.25, 0.3) is 0 Å². The number of ether oxygens (including phenoxy) is 1. The Hall–Kier alpha value is -1.42. The van der Waals surface area contributed by atoms with E-state index in [1.54, 1.807) is 0 Å². The molecule has 0 aliphatic heterocycles. The Bertz CT molecular complexity index is 301. The normalized spacial score (nSPS) is 11.3. The summed E-state index contributed by atoms with van der Waals surface area (Å²) >= 11 is 0. The summed E-state index contributed by atoms with van der Waals surface area (Å²) < 4.78 is 4.96. The topological polar surface area (TPSA) is 69.9 Å². The molecule has 72 valence electrons. The highest BCUT2D eigenvalue weighted by Crippen LogP contribution is 2.35. The van der Waals surface area contributed by atoms with Crippen molar-refractivity contribution in [2.24, 2.45) is 0 Å². The van der Waals surface area contributed by atoms with Gasteiger partial charge in [0, 0.05) is 13.8 Å². The second-order valence-corrected chi connectivity index (χ2v) is 3.17. The van der Waals surface area contributed by atoms with Gasteiger partial charge in [0.2, 0.25) is 11.5 Å². The van der Waals surface area contributed by atoms with Gasteiger partial charge in [-0.05, 0) is 12.1 Å².